The van der Waals surface area contributed by atoms with Crippen molar-refractivity contribution in [1.29, 1.82) is 0 Å². The Balaban J connectivity index is 2.40. The topological polar surface area (TPSA) is 41.6 Å². The van der Waals surface area contributed by atoms with E-state index in [0.29, 0.717) is 6.04 Å². The smallest absolute Gasteiger partial charge is 0.410 e. The number of hydrogen-bond donors (Lipinski definition) is 1. The van der Waals surface area contributed by atoms with Crippen molar-refractivity contribution in [2.45, 2.75) is 38.8 Å². The summed E-state index contributed by atoms with van der Waals surface area (Å²) in [5, 5.41) is 3.44. The van der Waals surface area contributed by atoms with Crippen LogP contribution in [0.15, 0.2) is 0 Å². The molecule has 1 rings (SSSR count). The lowest BCUT2D eigenvalue weighted by Gasteiger charge is -2.34. The number of thioether (sulfide) groups is 1. The van der Waals surface area contributed by atoms with Crippen molar-refractivity contribution in [3.05, 3.63) is 0 Å². The molecule has 1 N–H and O–H groups in total. The minimum absolute atomic E-state index is 0.187. The molecule has 0 spiro atoms. The van der Waals surface area contributed by atoms with Crippen LogP contribution in [0.4, 0.5) is 4.79 Å². The van der Waals surface area contributed by atoms with Crippen LogP contribution in [-0.2, 0) is 4.74 Å². The molecule has 5 heteroatoms. The number of nitrogens with one attached hydrogen (secondary N) is 1. The van der Waals surface area contributed by atoms with Crippen LogP contribution < -0.4 is 5.32 Å². The van der Waals surface area contributed by atoms with Crippen LogP contribution in [0, 0.1) is 0 Å². The van der Waals surface area contributed by atoms with Crippen molar-refractivity contribution >= 4 is 17.9 Å². The second kappa shape index (κ2) is 6.50. The van der Waals surface area contributed by atoms with Crippen LogP contribution in [0.3, 0.4) is 0 Å². The van der Waals surface area contributed by atoms with Gasteiger partial charge < -0.3 is 15.0 Å². The fraction of sp³-hybridized carbons (Fsp3) is 0.917. The van der Waals surface area contributed by atoms with E-state index in [9.17, 15) is 4.79 Å². The number of piperazine rings is 1. The van der Waals surface area contributed by atoms with E-state index in [-0.39, 0.29) is 6.09 Å². The second-order valence-electron chi connectivity index (χ2n) is 5.36. The summed E-state index contributed by atoms with van der Waals surface area (Å²) in [5.41, 5.74) is -0.406. The second-order valence-corrected chi connectivity index (χ2v) is 6.34. The average molecular weight is 260 g/mol. The number of carbonyl (C=O) groups is 1. The molecule has 1 fully saturated rings. The largest absolute Gasteiger partial charge is 0.444 e. The molecule has 0 saturated carbocycles. The molecule has 0 radical (unpaired) electrons. The van der Waals surface area contributed by atoms with Gasteiger partial charge in [0.2, 0.25) is 0 Å². The summed E-state index contributed by atoms with van der Waals surface area (Å²) < 4.78 is 5.38. The Morgan fingerprint density at radius 2 is 2.24 bits per heavy atom. The Kier molecular flexibility index (Phi) is 5.59. The van der Waals surface area contributed by atoms with Gasteiger partial charge in [-0.05, 0) is 39.2 Å². The molecular formula is C12H24N2O2S. The fourth-order valence-electron chi connectivity index (χ4n) is 1.77. The van der Waals surface area contributed by atoms with Gasteiger partial charge in [0.15, 0.2) is 0 Å². The maximum atomic E-state index is 11.9. The Hall–Kier alpha value is -0.420. The summed E-state index contributed by atoms with van der Waals surface area (Å²) in [4.78, 5) is 13.7. The number of carbonyl (C=O) groups excluding carboxylic acids is 1. The molecule has 1 atom stereocenters. The van der Waals surface area contributed by atoms with Crippen molar-refractivity contribution in [2.24, 2.45) is 0 Å². The minimum Gasteiger partial charge on any atom is -0.444 e. The Morgan fingerprint density at radius 1 is 1.53 bits per heavy atom. The monoisotopic (exact) mass is 260 g/mol. The van der Waals surface area contributed by atoms with Gasteiger partial charge in [0.1, 0.15) is 5.60 Å². The van der Waals surface area contributed by atoms with Gasteiger partial charge in [0.25, 0.3) is 0 Å². The Bertz CT molecular complexity index is 253. The predicted octanol–water partition coefficient (Wildman–Crippen LogP) is 1.95. The first kappa shape index (κ1) is 14.6. The predicted molar refractivity (Wildman–Crippen MR) is 72.6 cm³/mol. The van der Waals surface area contributed by atoms with Crippen molar-refractivity contribution in [3.63, 3.8) is 0 Å². The van der Waals surface area contributed by atoms with Gasteiger partial charge in [-0.3, -0.25) is 0 Å². The molecule has 0 aromatic heterocycles. The van der Waals surface area contributed by atoms with E-state index < -0.39 is 5.60 Å². The maximum absolute atomic E-state index is 11.9. The first-order valence-electron chi connectivity index (χ1n) is 6.12. The van der Waals surface area contributed by atoms with Crippen molar-refractivity contribution in [2.75, 3.05) is 31.6 Å². The lowest BCUT2D eigenvalue weighted by Crippen LogP contribution is -2.53. The van der Waals surface area contributed by atoms with E-state index in [2.05, 4.69) is 11.6 Å². The maximum Gasteiger partial charge on any atom is 0.410 e. The summed E-state index contributed by atoms with van der Waals surface area (Å²) in [5.74, 6) is 1.12. The Morgan fingerprint density at radius 3 is 2.82 bits per heavy atom. The zero-order valence-electron chi connectivity index (χ0n) is 11.3. The molecule has 1 heterocycles. The molecule has 0 aromatic rings. The van der Waals surface area contributed by atoms with Gasteiger partial charge >= 0.3 is 6.09 Å². The summed E-state index contributed by atoms with van der Waals surface area (Å²) in [6.07, 6.45) is 3.02. The fourth-order valence-corrected chi connectivity index (χ4v) is 2.29. The van der Waals surface area contributed by atoms with E-state index >= 15 is 0 Å². The highest BCUT2D eigenvalue weighted by atomic mass is 32.2. The van der Waals surface area contributed by atoms with Crippen LogP contribution in [0.5, 0.6) is 0 Å². The zero-order chi connectivity index (χ0) is 12.9. The van der Waals surface area contributed by atoms with Crippen LogP contribution >= 0.6 is 11.8 Å². The highest BCUT2D eigenvalue weighted by Gasteiger charge is 2.26. The Labute approximate surface area is 108 Å². The molecule has 1 saturated heterocycles. The number of hydrogen-bond acceptors (Lipinski definition) is 4. The number of amides is 1. The molecule has 4 nitrogen and oxygen atoms in total. The number of ether oxygens (including phenoxy) is 1. The van der Waals surface area contributed by atoms with Crippen molar-refractivity contribution < 1.29 is 9.53 Å². The molecule has 1 amide bonds. The molecule has 0 aromatic carbocycles. The van der Waals surface area contributed by atoms with Crippen LogP contribution in [-0.4, -0.2) is 54.3 Å². The third-order valence-electron chi connectivity index (χ3n) is 2.58. The summed E-state index contributed by atoms with van der Waals surface area (Å²) in [6, 6.07) is 0.406. The van der Waals surface area contributed by atoms with E-state index in [0.717, 1.165) is 31.8 Å². The highest BCUT2D eigenvalue weighted by molar-refractivity contribution is 7.98. The molecule has 17 heavy (non-hydrogen) atoms. The summed E-state index contributed by atoms with van der Waals surface area (Å²) in [6.45, 7) is 8.06. The van der Waals surface area contributed by atoms with Crippen LogP contribution in [0.2, 0.25) is 0 Å². The molecule has 1 unspecified atom stereocenters. The lowest BCUT2D eigenvalue weighted by atomic mass is 10.1. The quantitative estimate of drug-likeness (QED) is 0.842. The van der Waals surface area contributed by atoms with E-state index in [1.165, 1.54) is 0 Å². The summed E-state index contributed by atoms with van der Waals surface area (Å²) >= 11 is 1.84. The van der Waals surface area contributed by atoms with Gasteiger partial charge in [-0.2, -0.15) is 11.8 Å². The normalized spacial score (nSPS) is 21.4. The molecule has 1 aliphatic heterocycles. The minimum atomic E-state index is -0.406. The first-order valence-corrected chi connectivity index (χ1v) is 7.52. The lowest BCUT2D eigenvalue weighted by molar-refractivity contribution is 0.0195. The first-order chi connectivity index (χ1) is 7.92. The van der Waals surface area contributed by atoms with Gasteiger partial charge in [0, 0.05) is 25.7 Å². The van der Waals surface area contributed by atoms with Gasteiger partial charge in [0.05, 0.1) is 0 Å². The van der Waals surface area contributed by atoms with Crippen LogP contribution in [0.1, 0.15) is 27.2 Å². The zero-order valence-corrected chi connectivity index (χ0v) is 12.1. The standard InChI is InChI=1S/C12H24N2O2S/c1-12(2,3)16-11(15)14-7-6-13-10(9-14)5-8-17-4/h10,13H,5-9H2,1-4H3. The molecular weight excluding hydrogens is 236 g/mol. The SMILES string of the molecule is CSCCC1CN(C(=O)OC(C)(C)C)CCN1. The third kappa shape index (κ3) is 5.64. The highest BCUT2D eigenvalue weighted by Crippen LogP contribution is 2.12. The van der Waals surface area contributed by atoms with Gasteiger partial charge in [-0.15, -0.1) is 0 Å². The number of nitrogens with zero attached hydrogens (tertiary/aromatic N) is 1. The third-order valence-corrected chi connectivity index (χ3v) is 3.22. The van der Waals surface area contributed by atoms with Crippen molar-refractivity contribution in [3.8, 4) is 0 Å². The van der Waals surface area contributed by atoms with Gasteiger partial charge in [-0.25, -0.2) is 4.79 Å². The van der Waals surface area contributed by atoms with E-state index in [4.69, 9.17) is 4.74 Å². The average Bonchev–Trinajstić information content (AvgIpc) is 2.24. The molecule has 0 bridgehead atoms. The van der Waals surface area contributed by atoms with E-state index in [1.807, 2.05) is 37.4 Å². The number of rotatable bonds is 3. The van der Waals surface area contributed by atoms with Crippen LogP contribution in [0.25, 0.3) is 0 Å². The molecule has 0 aliphatic carbocycles. The molecule has 1 aliphatic rings. The van der Waals surface area contributed by atoms with Crippen molar-refractivity contribution in [1.82, 2.24) is 10.2 Å². The summed E-state index contributed by atoms with van der Waals surface area (Å²) in [7, 11) is 0. The molecule has 100 valence electrons. The van der Waals surface area contributed by atoms with E-state index in [1.54, 1.807) is 0 Å². The van der Waals surface area contributed by atoms with Gasteiger partial charge in [-0.1, -0.05) is 0 Å².